The first-order valence-electron chi connectivity index (χ1n) is 20.4. The Kier molecular flexibility index (Phi) is 7.48. The maximum absolute atomic E-state index is 2.48. The number of para-hydroxylation sites is 2. The van der Waals surface area contributed by atoms with Crippen molar-refractivity contribution in [3.8, 4) is 16.8 Å². The summed E-state index contributed by atoms with van der Waals surface area (Å²) in [7, 11) is 0. The van der Waals surface area contributed by atoms with Gasteiger partial charge in [0, 0.05) is 33.5 Å². The molecular formula is C57H38N2. The Hall–Kier alpha value is -7.68. The summed E-state index contributed by atoms with van der Waals surface area (Å²) in [6, 6.07) is 85.1. The molecule has 0 saturated carbocycles. The largest absolute Gasteiger partial charge is 0.310 e. The highest BCUT2D eigenvalue weighted by Gasteiger charge is 2.46. The maximum Gasteiger partial charge on any atom is 0.0714 e. The SMILES string of the molecule is c1ccc(-n2c3ccccc3c3cc(N(c4ccc5c(c4)C(c4ccccc4)(c4ccccc4)c4cc6ccccc6cc4-5)c4ccc5ccccc5c4)ccc32)cc1. The summed E-state index contributed by atoms with van der Waals surface area (Å²) in [5, 5.41) is 7.38. The lowest BCUT2D eigenvalue weighted by Crippen LogP contribution is -2.28. The zero-order chi connectivity index (χ0) is 38.9. The first-order chi connectivity index (χ1) is 29.3. The van der Waals surface area contributed by atoms with Crippen LogP contribution >= 0.6 is 0 Å². The summed E-state index contributed by atoms with van der Waals surface area (Å²) >= 11 is 0. The molecule has 1 heterocycles. The van der Waals surface area contributed by atoms with Gasteiger partial charge in [0.25, 0.3) is 0 Å². The molecule has 59 heavy (non-hydrogen) atoms. The monoisotopic (exact) mass is 750 g/mol. The molecule has 0 amide bonds. The minimum Gasteiger partial charge on any atom is -0.310 e. The first kappa shape index (κ1) is 33.5. The molecule has 2 heteroatoms. The summed E-state index contributed by atoms with van der Waals surface area (Å²) in [6.07, 6.45) is 0. The van der Waals surface area contributed by atoms with Crippen molar-refractivity contribution in [1.82, 2.24) is 4.57 Å². The zero-order valence-electron chi connectivity index (χ0n) is 32.3. The van der Waals surface area contributed by atoms with Gasteiger partial charge in [-0.25, -0.2) is 0 Å². The van der Waals surface area contributed by atoms with Gasteiger partial charge in [-0.1, -0.05) is 158 Å². The Bertz CT molecular complexity index is 3340. The number of fused-ring (bicyclic) bond motifs is 8. The van der Waals surface area contributed by atoms with E-state index in [2.05, 4.69) is 240 Å². The predicted octanol–water partition coefficient (Wildman–Crippen LogP) is 14.9. The minimum absolute atomic E-state index is 0.546. The normalized spacial score (nSPS) is 12.9. The van der Waals surface area contributed by atoms with E-state index in [0.29, 0.717) is 0 Å². The van der Waals surface area contributed by atoms with Crippen molar-refractivity contribution >= 4 is 60.4 Å². The molecule has 2 nitrogen and oxygen atoms in total. The van der Waals surface area contributed by atoms with E-state index in [1.165, 1.54) is 76.7 Å². The molecule has 0 spiro atoms. The van der Waals surface area contributed by atoms with Crippen molar-refractivity contribution < 1.29 is 0 Å². The molecule has 0 radical (unpaired) electrons. The fourth-order valence-electron chi connectivity index (χ4n) is 10.0. The van der Waals surface area contributed by atoms with Gasteiger partial charge >= 0.3 is 0 Å². The van der Waals surface area contributed by atoms with Crippen molar-refractivity contribution in [2.45, 2.75) is 5.41 Å². The highest BCUT2D eigenvalue weighted by atomic mass is 15.1. The summed E-state index contributed by atoms with van der Waals surface area (Å²) in [5.74, 6) is 0. The van der Waals surface area contributed by atoms with E-state index in [1.54, 1.807) is 0 Å². The second-order valence-electron chi connectivity index (χ2n) is 15.7. The van der Waals surface area contributed by atoms with Gasteiger partial charge in [0.05, 0.1) is 16.4 Å². The van der Waals surface area contributed by atoms with Crippen LogP contribution in [0.2, 0.25) is 0 Å². The molecule has 1 aromatic heterocycles. The highest BCUT2D eigenvalue weighted by molar-refractivity contribution is 6.11. The summed E-state index contributed by atoms with van der Waals surface area (Å²) in [5.41, 5.74) is 14.0. The number of hydrogen-bond acceptors (Lipinski definition) is 1. The average molecular weight is 751 g/mol. The molecule has 0 atom stereocenters. The summed E-state index contributed by atoms with van der Waals surface area (Å²) < 4.78 is 2.39. The number of rotatable bonds is 6. The predicted molar refractivity (Wildman–Crippen MR) is 248 cm³/mol. The third kappa shape index (κ3) is 5.06. The Morgan fingerprint density at radius 2 is 0.831 bits per heavy atom. The van der Waals surface area contributed by atoms with Crippen molar-refractivity contribution in [2.24, 2.45) is 0 Å². The van der Waals surface area contributed by atoms with Gasteiger partial charge in [0.2, 0.25) is 0 Å². The van der Waals surface area contributed by atoms with Crippen LogP contribution in [0.25, 0.3) is 60.2 Å². The summed E-state index contributed by atoms with van der Waals surface area (Å²) in [6.45, 7) is 0. The number of hydrogen-bond donors (Lipinski definition) is 0. The van der Waals surface area contributed by atoms with E-state index < -0.39 is 5.41 Å². The standard InChI is InChI=1S/C57H38N2/c1-4-20-43(21-5-1)57(44-22-6-2-7-23-44)53-36-42-19-13-12-18-41(42)35-51(53)49-32-30-48(38-54(49)57)58(46-29-28-39-16-10-11-17-40(39)34-46)47-31-33-56-52(37-47)50-26-14-15-27-55(50)59(56)45-24-8-3-9-25-45/h1-38H. The number of benzene rings is 10. The lowest BCUT2D eigenvalue weighted by Gasteiger charge is -2.35. The van der Waals surface area contributed by atoms with Crippen LogP contribution < -0.4 is 4.90 Å². The van der Waals surface area contributed by atoms with Crippen LogP contribution in [0.15, 0.2) is 231 Å². The summed E-state index contributed by atoms with van der Waals surface area (Å²) in [4.78, 5) is 2.46. The van der Waals surface area contributed by atoms with Crippen LogP contribution in [0, 0.1) is 0 Å². The lowest BCUT2D eigenvalue weighted by molar-refractivity contribution is 0.769. The van der Waals surface area contributed by atoms with E-state index in [4.69, 9.17) is 0 Å². The fourth-order valence-corrected chi connectivity index (χ4v) is 10.0. The molecule has 0 fully saturated rings. The topological polar surface area (TPSA) is 8.17 Å². The van der Waals surface area contributed by atoms with Gasteiger partial charge in [0.15, 0.2) is 0 Å². The van der Waals surface area contributed by atoms with Gasteiger partial charge < -0.3 is 9.47 Å². The van der Waals surface area contributed by atoms with Crippen LogP contribution in [0.3, 0.4) is 0 Å². The number of anilines is 3. The minimum atomic E-state index is -0.546. The van der Waals surface area contributed by atoms with Crippen LogP contribution in [-0.4, -0.2) is 4.57 Å². The molecule has 0 aliphatic heterocycles. The van der Waals surface area contributed by atoms with E-state index >= 15 is 0 Å². The van der Waals surface area contributed by atoms with Crippen molar-refractivity contribution in [3.63, 3.8) is 0 Å². The molecule has 11 aromatic rings. The van der Waals surface area contributed by atoms with Gasteiger partial charge in [-0.2, -0.15) is 0 Å². The molecule has 12 rings (SSSR count). The molecule has 1 aliphatic rings. The van der Waals surface area contributed by atoms with Crippen molar-refractivity contribution in [2.75, 3.05) is 4.90 Å². The fraction of sp³-hybridized carbons (Fsp3) is 0.0175. The molecule has 1 aliphatic carbocycles. The van der Waals surface area contributed by atoms with Crippen LogP contribution in [0.4, 0.5) is 17.1 Å². The first-order valence-corrected chi connectivity index (χ1v) is 20.4. The third-order valence-corrected chi connectivity index (χ3v) is 12.6. The van der Waals surface area contributed by atoms with Crippen LogP contribution in [0.1, 0.15) is 22.3 Å². The smallest absolute Gasteiger partial charge is 0.0714 e. The van der Waals surface area contributed by atoms with Crippen molar-refractivity contribution in [3.05, 3.63) is 253 Å². The highest BCUT2D eigenvalue weighted by Crippen LogP contribution is 2.58. The third-order valence-electron chi connectivity index (χ3n) is 12.6. The molecule has 276 valence electrons. The Balaban J connectivity index is 1.15. The molecule has 0 unspecified atom stereocenters. The van der Waals surface area contributed by atoms with Gasteiger partial charge in [-0.05, 0) is 128 Å². The maximum atomic E-state index is 2.48. The lowest BCUT2D eigenvalue weighted by atomic mass is 9.67. The molecule has 10 aromatic carbocycles. The number of nitrogens with zero attached hydrogens (tertiary/aromatic N) is 2. The molecule has 0 N–H and O–H groups in total. The van der Waals surface area contributed by atoms with E-state index in [1.807, 2.05) is 0 Å². The molecule has 0 saturated heterocycles. The van der Waals surface area contributed by atoms with E-state index in [-0.39, 0.29) is 0 Å². The Morgan fingerprint density at radius 1 is 0.322 bits per heavy atom. The van der Waals surface area contributed by atoms with Gasteiger partial charge in [0.1, 0.15) is 0 Å². The van der Waals surface area contributed by atoms with E-state index in [9.17, 15) is 0 Å². The van der Waals surface area contributed by atoms with Crippen LogP contribution in [-0.2, 0) is 5.41 Å². The Morgan fingerprint density at radius 3 is 1.56 bits per heavy atom. The zero-order valence-corrected chi connectivity index (χ0v) is 32.3. The van der Waals surface area contributed by atoms with E-state index in [0.717, 1.165) is 22.7 Å². The second kappa shape index (κ2) is 13.2. The molecule has 0 bridgehead atoms. The Labute approximate surface area is 343 Å². The second-order valence-corrected chi connectivity index (χ2v) is 15.7. The quantitative estimate of drug-likeness (QED) is 0.164. The van der Waals surface area contributed by atoms with Crippen LogP contribution in [0.5, 0.6) is 0 Å². The van der Waals surface area contributed by atoms with Crippen molar-refractivity contribution in [1.29, 1.82) is 0 Å². The average Bonchev–Trinajstić information content (AvgIpc) is 3.79. The number of aromatic nitrogens is 1. The molecular weight excluding hydrogens is 713 g/mol. The van der Waals surface area contributed by atoms with Gasteiger partial charge in [-0.15, -0.1) is 0 Å². The van der Waals surface area contributed by atoms with Gasteiger partial charge in [-0.3, -0.25) is 0 Å².